The minimum Gasteiger partial charge on any atom is -0.271 e. The van der Waals surface area contributed by atoms with Crippen molar-refractivity contribution >= 4 is 0 Å². The van der Waals surface area contributed by atoms with Crippen molar-refractivity contribution in [1.29, 1.82) is 0 Å². The monoisotopic (exact) mass is 240 g/mol. The molecular weight excluding hydrogens is 220 g/mol. The molecule has 2 rings (SSSR count). The zero-order valence-electron chi connectivity index (χ0n) is 11.2. The predicted molar refractivity (Wildman–Crippen MR) is 76.3 cm³/mol. The van der Waals surface area contributed by atoms with E-state index in [-0.39, 0.29) is 6.04 Å². The van der Waals surface area contributed by atoms with Gasteiger partial charge in [0.2, 0.25) is 0 Å². The lowest BCUT2D eigenvalue weighted by Crippen LogP contribution is -2.29. The van der Waals surface area contributed by atoms with Crippen LogP contribution in [0.15, 0.2) is 42.5 Å². The number of hydrogen-bond acceptors (Lipinski definition) is 2. The van der Waals surface area contributed by atoms with Gasteiger partial charge < -0.3 is 0 Å². The van der Waals surface area contributed by atoms with Gasteiger partial charge in [-0.05, 0) is 43.0 Å². The SMILES string of the molecule is Cc1cccc(C(NN)c2cccc(C)c2C)c1. The summed E-state index contributed by atoms with van der Waals surface area (Å²) in [7, 11) is 0. The molecule has 0 aromatic heterocycles. The Morgan fingerprint density at radius 3 is 2.39 bits per heavy atom. The van der Waals surface area contributed by atoms with Gasteiger partial charge in [0.05, 0.1) is 6.04 Å². The van der Waals surface area contributed by atoms with Crippen LogP contribution in [0.4, 0.5) is 0 Å². The summed E-state index contributed by atoms with van der Waals surface area (Å²) in [5.41, 5.74) is 9.20. The van der Waals surface area contributed by atoms with Crippen LogP contribution >= 0.6 is 0 Å². The minimum absolute atomic E-state index is 0.0461. The zero-order valence-corrected chi connectivity index (χ0v) is 11.2. The fourth-order valence-corrected chi connectivity index (χ4v) is 2.30. The number of rotatable bonds is 3. The molecule has 1 atom stereocenters. The number of aryl methyl sites for hydroxylation is 2. The molecule has 1 unspecified atom stereocenters. The lowest BCUT2D eigenvalue weighted by atomic mass is 9.92. The average molecular weight is 240 g/mol. The van der Waals surface area contributed by atoms with Gasteiger partial charge in [0.15, 0.2) is 0 Å². The predicted octanol–water partition coefficient (Wildman–Crippen LogP) is 3.16. The van der Waals surface area contributed by atoms with Gasteiger partial charge in [0.25, 0.3) is 0 Å². The highest BCUT2D eigenvalue weighted by atomic mass is 15.2. The summed E-state index contributed by atoms with van der Waals surface area (Å²) >= 11 is 0. The van der Waals surface area contributed by atoms with E-state index in [1.54, 1.807) is 0 Å². The van der Waals surface area contributed by atoms with Crippen molar-refractivity contribution in [3.63, 3.8) is 0 Å². The smallest absolute Gasteiger partial charge is 0.0712 e. The van der Waals surface area contributed by atoms with Gasteiger partial charge in [-0.2, -0.15) is 0 Å². The Balaban J connectivity index is 2.49. The van der Waals surface area contributed by atoms with Crippen molar-refractivity contribution in [3.05, 3.63) is 70.3 Å². The Morgan fingerprint density at radius 1 is 1.00 bits per heavy atom. The molecule has 0 aliphatic heterocycles. The van der Waals surface area contributed by atoms with Gasteiger partial charge in [0, 0.05) is 0 Å². The van der Waals surface area contributed by atoms with Crippen molar-refractivity contribution in [1.82, 2.24) is 5.43 Å². The number of benzene rings is 2. The van der Waals surface area contributed by atoms with Crippen LogP contribution < -0.4 is 11.3 Å². The number of hydrazine groups is 1. The number of nitrogens with one attached hydrogen (secondary N) is 1. The van der Waals surface area contributed by atoms with E-state index in [0.717, 1.165) is 0 Å². The number of hydrogen-bond donors (Lipinski definition) is 2. The molecule has 18 heavy (non-hydrogen) atoms. The van der Waals surface area contributed by atoms with E-state index in [1.807, 2.05) is 0 Å². The first-order valence-electron chi connectivity index (χ1n) is 6.22. The molecule has 0 radical (unpaired) electrons. The molecule has 0 saturated carbocycles. The Kier molecular flexibility index (Phi) is 3.80. The average Bonchev–Trinajstić information content (AvgIpc) is 2.35. The summed E-state index contributed by atoms with van der Waals surface area (Å²) in [4.78, 5) is 0. The first-order valence-corrected chi connectivity index (χ1v) is 6.22. The molecule has 3 N–H and O–H groups in total. The van der Waals surface area contributed by atoms with Gasteiger partial charge in [0.1, 0.15) is 0 Å². The molecule has 2 aromatic rings. The largest absolute Gasteiger partial charge is 0.271 e. The molecule has 0 amide bonds. The molecule has 2 heteroatoms. The third-order valence-electron chi connectivity index (χ3n) is 3.50. The van der Waals surface area contributed by atoms with E-state index in [1.165, 1.54) is 27.8 Å². The van der Waals surface area contributed by atoms with Crippen molar-refractivity contribution in [2.45, 2.75) is 26.8 Å². The Bertz CT molecular complexity index is 547. The maximum absolute atomic E-state index is 5.76. The van der Waals surface area contributed by atoms with Gasteiger partial charge in [-0.1, -0.05) is 48.0 Å². The van der Waals surface area contributed by atoms with E-state index < -0.39 is 0 Å². The first-order chi connectivity index (χ1) is 8.63. The van der Waals surface area contributed by atoms with Crippen LogP contribution in [0.5, 0.6) is 0 Å². The molecule has 0 heterocycles. The lowest BCUT2D eigenvalue weighted by Gasteiger charge is -2.20. The quantitative estimate of drug-likeness (QED) is 0.639. The maximum atomic E-state index is 5.76. The minimum atomic E-state index is 0.0461. The third-order valence-corrected chi connectivity index (χ3v) is 3.50. The second-order valence-corrected chi connectivity index (χ2v) is 4.80. The molecule has 2 aromatic carbocycles. The van der Waals surface area contributed by atoms with Crippen LogP contribution in [0.2, 0.25) is 0 Å². The molecule has 0 bridgehead atoms. The van der Waals surface area contributed by atoms with Crippen molar-refractivity contribution in [2.75, 3.05) is 0 Å². The second-order valence-electron chi connectivity index (χ2n) is 4.80. The highest BCUT2D eigenvalue weighted by Gasteiger charge is 2.15. The number of nitrogens with two attached hydrogens (primary N) is 1. The van der Waals surface area contributed by atoms with E-state index >= 15 is 0 Å². The van der Waals surface area contributed by atoms with Crippen LogP contribution in [0.25, 0.3) is 0 Å². The maximum Gasteiger partial charge on any atom is 0.0712 e. The van der Waals surface area contributed by atoms with Crippen LogP contribution in [0.3, 0.4) is 0 Å². The molecule has 0 fully saturated rings. The fourth-order valence-electron chi connectivity index (χ4n) is 2.30. The summed E-state index contributed by atoms with van der Waals surface area (Å²) in [6.07, 6.45) is 0. The van der Waals surface area contributed by atoms with E-state index in [0.29, 0.717) is 0 Å². The zero-order chi connectivity index (χ0) is 13.1. The van der Waals surface area contributed by atoms with E-state index in [9.17, 15) is 0 Å². The van der Waals surface area contributed by atoms with Crippen LogP contribution in [-0.4, -0.2) is 0 Å². The third kappa shape index (κ3) is 2.45. The lowest BCUT2D eigenvalue weighted by molar-refractivity contribution is 0.633. The van der Waals surface area contributed by atoms with Crippen LogP contribution in [0.1, 0.15) is 33.9 Å². The molecule has 0 aliphatic rings. The van der Waals surface area contributed by atoms with Crippen molar-refractivity contribution < 1.29 is 0 Å². The summed E-state index contributed by atoms with van der Waals surface area (Å²) in [6.45, 7) is 6.37. The summed E-state index contributed by atoms with van der Waals surface area (Å²) in [5.74, 6) is 5.76. The van der Waals surface area contributed by atoms with Gasteiger partial charge in [-0.15, -0.1) is 0 Å². The molecule has 94 valence electrons. The summed E-state index contributed by atoms with van der Waals surface area (Å²) in [6, 6.07) is 14.8. The topological polar surface area (TPSA) is 38.0 Å². The highest BCUT2D eigenvalue weighted by Crippen LogP contribution is 2.26. The standard InChI is InChI=1S/C16H20N2/c1-11-6-4-8-14(10-11)16(18-17)15-9-5-7-12(2)13(15)3/h4-10,16,18H,17H2,1-3H3. The van der Waals surface area contributed by atoms with E-state index in [2.05, 4.69) is 68.7 Å². The Hall–Kier alpha value is -1.64. The first kappa shape index (κ1) is 12.8. The summed E-state index contributed by atoms with van der Waals surface area (Å²) < 4.78 is 0. The van der Waals surface area contributed by atoms with Crippen molar-refractivity contribution in [2.24, 2.45) is 5.84 Å². The van der Waals surface area contributed by atoms with Crippen LogP contribution in [-0.2, 0) is 0 Å². The molecule has 0 aliphatic carbocycles. The molecule has 0 spiro atoms. The van der Waals surface area contributed by atoms with Crippen LogP contribution in [0, 0.1) is 20.8 Å². The fraction of sp³-hybridized carbons (Fsp3) is 0.250. The Morgan fingerprint density at radius 2 is 1.72 bits per heavy atom. The van der Waals surface area contributed by atoms with E-state index in [4.69, 9.17) is 5.84 Å². The van der Waals surface area contributed by atoms with Gasteiger partial charge in [-0.25, -0.2) is 5.43 Å². The molecule has 0 saturated heterocycles. The molecule has 2 nitrogen and oxygen atoms in total. The highest BCUT2D eigenvalue weighted by molar-refractivity contribution is 5.41. The summed E-state index contributed by atoms with van der Waals surface area (Å²) in [5, 5.41) is 0. The van der Waals surface area contributed by atoms with Crippen molar-refractivity contribution in [3.8, 4) is 0 Å². The molecular formula is C16H20N2. The van der Waals surface area contributed by atoms with Gasteiger partial charge >= 0.3 is 0 Å². The van der Waals surface area contributed by atoms with Gasteiger partial charge in [-0.3, -0.25) is 5.84 Å². The Labute approximate surface area is 109 Å². The normalized spacial score (nSPS) is 12.4. The second kappa shape index (κ2) is 5.34.